The van der Waals surface area contributed by atoms with Gasteiger partial charge in [0.1, 0.15) is 13.2 Å². The largest absolute Gasteiger partial charge is 0.486 e. The highest BCUT2D eigenvalue weighted by Gasteiger charge is 2.24. The zero-order valence-electron chi connectivity index (χ0n) is 15.5. The maximum atomic E-state index is 12.7. The minimum atomic E-state index is 0.129. The number of ether oxygens (including phenoxy) is 2. The third-order valence-electron chi connectivity index (χ3n) is 5.08. The van der Waals surface area contributed by atoms with Gasteiger partial charge in [-0.25, -0.2) is 9.97 Å². The van der Waals surface area contributed by atoms with Gasteiger partial charge in [-0.3, -0.25) is 4.79 Å². The molecule has 1 saturated heterocycles. The van der Waals surface area contributed by atoms with Gasteiger partial charge in [-0.1, -0.05) is 13.0 Å². The number of nitrogens with zero attached hydrogens (tertiary/aromatic N) is 4. The summed E-state index contributed by atoms with van der Waals surface area (Å²) in [6.45, 7) is 6.15. The highest BCUT2D eigenvalue weighted by Crippen LogP contribution is 2.34. The molecule has 1 aromatic carbocycles. The lowest BCUT2D eigenvalue weighted by Crippen LogP contribution is -2.49. The lowest BCUT2D eigenvalue weighted by atomic mass is 9.96. The minimum Gasteiger partial charge on any atom is -0.486 e. The molecule has 1 amide bonds. The second kappa shape index (κ2) is 7.82. The van der Waals surface area contributed by atoms with Gasteiger partial charge in [0, 0.05) is 45.0 Å². The Morgan fingerprint density at radius 1 is 1.07 bits per heavy atom. The van der Waals surface area contributed by atoms with E-state index in [4.69, 9.17) is 9.47 Å². The number of amides is 1. The Kier molecular flexibility index (Phi) is 5.09. The number of piperazine rings is 1. The van der Waals surface area contributed by atoms with Gasteiger partial charge in [-0.15, -0.1) is 0 Å². The minimum absolute atomic E-state index is 0.129. The van der Waals surface area contributed by atoms with Crippen molar-refractivity contribution in [3.8, 4) is 11.5 Å². The number of hydrogen-bond acceptors (Lipinski definition) is 6. The molecular weight excluding hydrogens is 344 g/mol. The zero-order valence-corrected chi connectivity index (χ0v) is 15.5. The van der Waals surface area contributed by atoms with Gasteiger partial charge in [0.15, 0.2) is 11.5 Å². The number of rotatable bonds is 4. The number of aromatic nitrogens is 2. The zero-order chi connectivity index (χ0) is 18.6. The number of benzene rings is 1. The first kappa shape index (κ1) is 17.6. The molecule has 2 aliphatic heterocycles. The molecule has 0 aliphatic carbocycles. The number of hydrogen-bond donors (Lipinski definition) is 0. The average molecular weight is 368 g/mol. The number of carbonyl (C=O) groups is 1. The normalized spacial score (nSPS) is 17.5. The number of fused-ring (bicyclic) bond motifs is 1. The van der Waals surface area contributed by atoms with Crippen LogP contribution in [0.4, 0.5) is 5.95 Å². The summed E-state index contributed by atoms with van der Waals surface area (Å²) in [7, 11) is 0. The van der Waals surface area contributed by atoms with Gasteiger partial charge in [0.05, 0.1) is 0 Å². The molecule has 3 heterocycles. The van der Waals surface area contributed by atoms with Gasteiger partial charge in [0.2, 0.25) is 11.9 Å². The molecule has 2 aromatic rings. The van der Waals surface area contributed by atoms with Crippen molar-refractivity contribution >= 4 is 11.9 Å². The summed E-state index contributed by atoms with van der Waals surface area (Å²) in [4.78, 5) is 25.4. The fraction of sp³-hybridized carbons (Fsp3) is 0.450. The molecule has 0 radical (unpaired) electrons. The maximum absolute atomic E-state index is 12.7. The second-order valence-electron chi connectivity index (χ2n) is 6.92. The van der Waals surface area contributed by atoms with Crippen LogP contribution in [0, 0.1) is 0 Å². The van der Waals surface area contributed by atoms with Crippen LogP contribution in [-0.2, 0) is 4.79 Å². The van der Waals surface area contributed by atoms with Crippen LogP contribution < -0.4 is 14.4 Å². The van der Waals surface area contributed by atoms with Crippen LogP contribution in [0.1, 0.15) is 24.8 Å². The van der Waals surface area contributed by atoms with Crippen LogP contribution >= 0.6 is 0 Å². The predicted octanol–water partition coefficient (Wildman–Crippen LogP) is 2.09. The Balaban J connectivity index is 1.33. The SMILES string of the molecule is CC(CC(=O)N1CCN(c2ncccn2)CC1)c1ccc2c(c1)OCCO2. The second-order valence-corrected chi connectivity index (χ2v) is 6.92. The van der Waals surface area contributed by atoms with Gasteiger partial charge < -0.3 is 19.3 Å². The van der Waals surface area contributed by atoms with Crippen LogP contribution in [-0.4, -0.2) is 60.2 Å². The fourth-order valence-corrected chi connectivity index (χ4v) is 3.49. The third kappa shape index (κ3) is 3.97. The van der Waals surface area contributed by atoms with Crippen molar-refractivity contribution in [3.05, 3.63) is 42.2 Å². The summed E-state index contributed by atoms with van der Waals surface area (Å²) in [6.07, 6.45) is 3.98. The summed E-state index contributed by atoms with van der Waals surface area (Å²) < 4.78 is 11.2. The molecular formula is C20H24N4O3. The van der Waals surface area contributed by atoms with E-state index in [1.165, 1.54) is 0 Å². The highest BCUT2D eigenvalue weighted by molar-refractivity contribution is 5.77. The fourth-order valence-electron chi connectivity index (χ4n) is 3.49. The first-order chi connectivity index (χ1) is 13.2. The van der Waals surface area contributed by atoms with E-state index < -0.39 is 0 Å². The molecule has 0 bridgehead atoms. The van der Waals surface area contributed by atoms with Crippen LogP contribution in [0.5, 0.6) is 11.5 Å². The summed E-state index contributed by atoms with van der Waals surface area (Å²) in [5, 5.41) is 0. The van der Waals surface area contributed by atoms with Crippen molar-refractivity contribution in [2.45, 2.75) is 19.3 Å². The van der Waals surface area contributed by atoms with Gasteiger partial charge in [-0.2, -0.15) is 0 Å². The molecule has 1 unspecified atom stereocenters. The molecule has 2 aliphatic rings. The van der Waals surface area contributed by atoms with Crippen molar-refractivity contribution in [1.29, 1.82) is 0 Å². The van der Waals surface area contributed by atoms with E-state index >= 15 is 0 Å². The summed E-state index contributed by atoms with van der Waals surface area (Å²) in [6, 6.07) is 7.76. The summed E-state index contributed by atoms with van der Waals surface area (Å²) >= 11 is 0. The Morgan fingerprint density at radius 3 is 2.52 bits per heavy atom. The average Bonchev–Trinajstić information content (AvgIpc) is 2.74. The Bertz CT molecular complexity index is 791. The van der Waals surface area contributed by atoms with E-state index in [-0.39, 0.29) is 11.8 Å². The summed E-state index contributed by atoms with van der Waals surface area (Å²) in [5.74, 6) is 2.60. The van der Waals surface area contributed by atoms with Crippen LogP contribution in [0.15, 0.2) is 36.7 Å². The highest BCUT2D eigenvalue weighted by atomic mass is 16.6. The van der Waals surface area contributed by atoms with Gasteiger partial charge >= 0.3 is 0 Å². The van der Waals surface area contributed by atoms with Gasteiger partial charge in [-0.05, 0) is 29.7 Å². The Morgan fingerprint density at radius 2 is 1.78 bits per heavy atom. The van der Waals surface area contributed by atoms with Crippen molar-refractivity contribution in [1.82, 2.24) is 14.9 Å². The predicted molar refractivity (Wildman–Crippen MR) is 101 cm³/mol. The standard InChI is InChI=1S/C20H24N4O3/c1-15(16-3-4-17-18(14-16)27-12-11-26-17)13-19(25)23-7-9-24(10-8-23)20-21-5-2-6-22-20/h2-6,14-15H,7-13H2,1H3. The number of anilines is 1. The smallest absolute Gasteiger partial charge is 0.225 e. The van der Waals surface area contributed by atoms with Crippen molar-refractivity contribution in [2.75, 3.05) is 44.3 Å². The third-order valence-corrected chi connectivity index (χ3v) is 5.08. The molecule has 4 rings (SSSR count). The maximum Gasteiger partial charge on any atom is 0.225 e. The van der Waals surface area contributed by atoms with E-state index in [0.29, 0.717) is 32.7 Å². The lowest BCUT2D eigenvalue weighted by molar-refractivity contribution is -0.131. The molecule has 0 saturated carbocycles. The lowest BCUT2D eigenvalue weighted by Gasteiger charge is -2.35. The van der Waals surface area contributed by atoms with E-state index in [0.717, 1.165) is 36.1 Å². The van der Waals surface area contributed by atoms with Crippen LogP contribution in [0.2, 0.25) is 0 Å². The first-order valence-electron chi connectivity index (χ1n) is 9.40. The molecule has 0 spiro atoms. The summed E-state index contributed by atoms with van der Waals surface area (Å²) in [5.41, 5.74) is 1.10. The first-order valence-corrected chi connectivity index (χ1v) is 9.40. The van der Waals surface area contributed by atoms with E-state index in [1.54, 1.807) is 12.4 Å². The molecule has 0 N–H and O–H groups in total. The number of carbonyl (C=O) groups excluding carboxylic acids is 1. The van der Waals surface area contributed by atoms with E-state index in [2.05, 4.69) is 21.8 Å². The Hall–Kier alpha value is -2.83. The van der Waals surface area contributed by atoms with E-state index in [1.807, 2.05) is 29.2 Å². The van der Waals surface area contributed by atoms with Gasteiger partial charge in [0.25, 0.3) is 0 Å². The Labute approximate surface area is 158 Å². The molecule has 7 nitrogen and oxygen atoms in total. The molecule has 7 heteroatoms. The monoisotopic (exact) mass is 368 g/mol. The van der Waals surface area contributed by atoms with Crippen LogP contribution in [0.3, 0.4) is 0 Å². The molecule has 1 fully saturated rings. The van der Waals surface area contributed by atoms with Crippen molar-refractivity contribution in [2.24, 2.45) is 0 Å². The van der Waals surface area contributed by atoms with Crippen LogP contribution in [0.25, 0.3) is 0 Å². The topological polar surface area (TPSA) is 67.8 Å². The quantitative estimate of drug-likeness (QED) is 0.823. The molecule has 27 heavy (non-hydrogen) atoms. The van der Waals surface area contributed by atoms with Crippen molar-refractivity contribution < 1.29 is 14.3 Å². The molecule has 1 aromatic heterocycles. The molecule has 1 atom stereocenters. The van der Waals surface area contributed by atoms with Crippen molar-refractivity contribution in [3.63, 3.8) is 0 Å². The van der Waals surface area contributed by atoms with E-state index in [9.17, 15) is 4.79 Å². The molecule has 142 valence electrons.